The van der Waals surface area contributed by atoms with E-state index in [1.165, 1.54) is 4.57 Å². The molecular formula is C26H30N2O5. The monoisotopic (exact) mass is 450 g/mol. The third-order valence-corrected chi connectivity index (χ3v) is 6.04. The van der Waals surface area contributed by atoms with E-state index in [0.717, 1.165) is 24.0 Å². The van der Waals surface area contributed by atoms with Crippen molar-refractivity contribution >= 4 is 11.9 Å². The van der Waals surface area contributed by atoms with Crippen molar-refractivity contribution in [1.82, 2.24) is 9.13 Å². The van der Waals surface area contributed by atoms with E-state index < -0.39 is 11.9 Å². The van der Waals surface area contributed by atoms with Crippen LogP contribution in [0.4, 0.5) is 0 Å². The first-order valence-electron chi connectivity index (χ1n) is 11.3. The normalized spacial score (nSPS) is 12.0. The number of nitrogens with zero attached hydrogens (tertiary/aromatic N) is 2. The van der Waals surface area contributed by atoms with Crippen molar-refractivity contribution in [2.45, 2.75) is 59.0 Å². The number of hydrogen-bond acceptors (Lipinski definition) is 3. The number of rotatable bonds is 10. The van der Waals surface area contributed by atoms with Gasteiger partial charge in [0.15, 0.2) is 5.69 Å². The van der Waals surface area contributed by atoms with Gasteiger partial charge in [-0.1, -0.05) is 62.7 Å². The van der Waals surface area contributed by atoms with Gasteiger partial charge in [-0.3, -0.25) is 9.13 Å². The Morgan fingerprint density at radius 3 is 2.21 bits per heavy atom. The van der Waals surface area contributed by atoms with Gasteiger partial charge in [-0.05, 0) is 48.9 Å². The van der Waals surface area contributed by atoms with Crippen LogP contribution in [-0.2, 0) is 13.0 Å². The largest absolute Gasteiger partial charge is 0.478 e. The van der Waals surface area contributed by atoms with Gasteiger partial charge in [0.1, 0.15) is 0 Å². The van der Waals surface area contributed by atoms with Gasteiger partial charge >= 0.3 is 17.6 Å². The van der Waals surface area contributed by atoms with Crippen molar-refractivity contribution in [3.63, 3.8) is 0 Å². The summed E-state index contributed by atoms with van der Waals surface area (Å²) in [7, 11) is 0. The number of hydrogen-bond donors (Lipinski definition) is 2. The molecule has 2 aromatic carbocycles. The predicted octanol–water partition coefficient (Wildman–Crippen LogP) is 5.08. The summed E-state index contributed by atoms with van der Waals surface area (Å²) >= 11 is 0. The minimum atomic E-state index is -1.09. The zero-order valence-electron chi connectivity index (χ0n) is 19.2. The molecule has 1 atom stereocenters. The molecule has 0 saturated heterocycles. The Morgan fingerprint density at radius 1 is 0.970 bits per heavy atom. The van der Waals surface area contributed by atoms with Crippen molar-refractivity contribution in [2.24, 2.45) is 0 Å². The van der Waals surface area contributed by atoms with E-state index in [1.54, 1.807) is 28.8 Å². The molecule has 0 aliphatic carbocycles. The van der Waals surface area contributed by atoms with Crippen molar-refractivity contribution in [3.05, 3.63) is 81.5 Å². The van der Waals surface area contributed by atoms with Gasteiger partial charge in [0.25, 0.3) is 0 Å². The molecule has 0 radical (unpaired) electrons. The number of aromatic carboxylic acids is 2. The van der Waals surface area contributed by atoms with Crippen LogP contribution in [0.15, 0.2) is 53.3 Å². The van der Waals surface area contributed by atoms with Crippen LogP contribution < -0.4 is 5.69 Å². The average Bonchev–Trinajstić information content (AvgIpc) is 3.09. The van der Waals surface area contributed by atoms with Crippen molar-refractivity contribution < 1.29 is 19.8 Å². The van der Waals surface area contributed by atoms with Crippen LogP contribution in [0, 0.1) is 0 Å². The quantitative estimate of drug-likeness (QED) is 0.449. The molecule has 0 saturated carbocycles. The highest BCUT2D eigenvalue weighted by Gasteiger charge is 2.26. The second kappa shape index (κ2) is 10.3. The number of carboxylic acids is 2. The van der Waals surface area contributed by atoms with Gasteiger partial charge in [0.2, 0.25) is 0 Å². The summed E-state index contributed by atoms with van der Waals surface area (Å²) in [6.07, 6.45) is 2.84. The van der Waals surface area contributed by atoms with E-state index in [2.05, 4.69) is 0 Å². The summed E-state index contributed by atoms with van der Waals surface area (Å²) in [6.45, 7) is 6.07. The maximum absolute atomic E-state index is 13.3. The summed E-state index contributed by atoms with van der Waals surface area (Å²) in [4.78, 5) is 36.9. The molecule has 0 fully saturated rings. The lowest BCUT2D eigenvalue weighted by Gasteiger charge is -2.11. The lowest BCUT2D eigenvalue weighted by molar-refractivity contribution is 0.0675. The van der Waals surface area contributed by atoms with Crippen molar-refractivity contribution in [2.75, 3.05) is 0 Å². The van der Waals surface area contributed by atoms with Crippen LogP contribution in [0.1, 0.15) is 78.2 Å². The van der Waals surface area contributed by atoms with Crippen LogP contribution in [-0.4, -0.2) is 31.3 Å². The fourth-order valence-corrected chi connectivity index (χ4v) is 4.08. The molecule has 0 spiro atoms. The molecule has 0 bridgehead atoms. The van der Waals surface area contributed by atoms with Crippen LogP contribution in [0.3, 0.4) is 0 Å². The van der Waals surface area contributed by atoms with Crippen LogP contribution >= 0.6 is 0 Å². The smallest absolute Gasteiger partial charge is 0.354 e. The lowest BCUT2D eigenvalue weighted by Crippen LogP contribution is -2.28. The lowest BCUT2D eigenvalue weighted by atomic mass is 9.99. The Hall–Kier alpha value is -3.61. The van der Waals surface area contributed by atoms with Crippen LogP contribution in [0.5, 0.6) is 0 Å². The molecule has 7 heteroatoms. The molecule has 3 aromatic rings. The minimum absolute atomic E-state index is 0.0785. The molecule has 2 N–H and O–H groups in total. The second-order valence-electron chi connectivity index (χ2n) is 8.25. The van der Waals surface area contributed by atoms with E-state index in [-0.39, 0.29) is 29.5 Å². The molecular weight excluding hydrogens is 420 g/mol. The summed E-state index contributed by atoms with van der Waals surface area (Å²) in [6, 6.07) is 14.0. The SMILES string of the molecule is CCCCc1c(C(=O)O)n(C(C)CC)c(=O)n1Cc1ccc(-c2ccccc2C(=O)O)cc1. The zero-order valence-corrected chi connectivity index (χ0v) is 19.2. The van der Waals surface area contributed by atoms with Gasteiger partial charge in [-0.15, -0.1) is 0 Å². The second-order valence-corrected chi connectivity index (χ2v) is 8.25. The number of carboxylic acid groups (broad SMARTS) is 2. The molecule has 1 unspecified atom stereocenters. The molecule has 0 amide bonds. The van der Waals surface area contributed by atoms with Crippen molar-refractivity contribution in [1.29, 1.82) is 0 Å². The minimum Gasteiger partial charge on any atom is -0.478 e. The maximum atomic E-state index is 13.3. The molecule has 0 aliphatic rings. The van der Waals surface area contributed by atoms with E-state index in [4.69, 9.17) is 0 Å². The Kier molecular flexibility index (Phi) is 7.53. The van der Waals surface area contributed by atoms with Crippen LogP contribution in [0.2, 0.25) is 0 Å². The fraction of sp³-hybridized carbons (Fsp3) is 0.346. The van der Waals surface area contributed by atoms with E-state index in [1.807, 2.05) is 45.0 Å². The van der Waals surface area contributed by atoms with E-state index >= 15 is 0 Å². The molecule has 7 nitrogen and oxygen atoms in total. The highest BCUT2D eigenvalue weighted by molar-refractivity contribution is 5.96. The zero-order chi connectivity index (χ0) is 24.1. The molecule has 174 valence electrons. The summed E-state index contributed by atoms with van der Waals surface area (Å²) in [5, 5.41) is 19.4. The number of aromatic nitrogens is 2. The van der Waals surface area contributed by atoms with Crippen molar-refractivity contribution in [3.8, 4) is 11.1 Å². The fourth-order valence-electron chi connectivity index (χ4n) is 4.08. The average molecular weight is 451 g/mol. The first kappa shape index (κ1) is 24.0. The maximum Gasteiger partial charge on any atom is 0.354 e. The summed E-state index contributed by atoms with van der Waals surface area (Å²) in [5.41, 5.74) is 2.76. The van der Waals surface area contributed by atoms with Gasteiger partial charge in [-0.2, -0.15) is 0 Å². The number of imidazole rings is 1. The van der Waals surface area contributed by atoms with Gasteiger partial charge in [0, 0.05) is 6.04 Å². The standard InChI is InChI=1S/C26H30N2O5/c1-4-6-11-22-23(25(31)32)28(17(3)5-2)26(33)27(22)16-18-12-14-19(15-13-18)20-9-7-8-10-21(20)24(29)30/h7-10,12-15,17H,4-6,11,16H2,1-3H3,(H,29,30)(H,31,32). The molecule has 1 aromatic heterocycles. The molecule has 0 aliphatic heterocycles. The van der Waals surface area contributed by atoms with Gasteiger partial charge in [-0.25, -0.2) is 14.4 Å². The number of carbonyl (C=O) groups is 2. The summed E-state index contributed by atoms with van der Waals surface area (Å²) < 4.78 is 2.98. The van der Waals surface area contributed by atoms with Crippen LogP contribution in [0.25, 0.3) is 11.1 Å². The van der Waals surface area contributed by atoms with Gasteiger partial charge in [0.05, 0.1) is 17.8 Å². The Morgan fingerprint density at radius 2 is 1.64 bits per heavy atom. The molecule has 1 heterocycles. The summed E-state index contributed by atoms with van der Waals surface area (Å²) in [5.74, 6) is -2.08. The van der Waals surface area contributed by atoms with E-state index in [0.29, 0.717) is 24.1 Å². The molecule has 3 rings (SSSR count). The third-order valence-electron chi connectivity index (χ3n) is 6.04. The Labute approximate surface area is 192 Å². The Balaban J connectivity index is 2.04. The first-order valence-corrected chi connectivity index (χ1v) is 11.3. The van der Waals surface area contributed by atoms with E-state index in [9.17, 15) is 24.6 Å². The Bertz CT molecular complexity index is 1200. The predicted molar refractivity (Wildman–Crippen MR) is 127 cm³/mol. The highest BCUT2D eigenvalue weighted by atomic mass is 16.4. The number of unbranched alkanes of at least 4 members (excludes halogenated alkanes) is 1. The number of benzene rings is 2. The third kappa shape index (κ3) is 4.92. The molecule has 33 heavy (non-hydrogen) atoms. The highest BCUT2D eigenvalue weighted by Crippen LogP contribution is 2.25. The van der Waals surface area contributed by atoms with Gasteiger partial charge < -0.3 is 10.2 Å². The topological polar surface area (TPSA) is 102 Å². The first-order chi connectivity index (χ1) is 15.8.